The Bertz CT molecular complexity index is 1170. The summed E-state index contributed by atoms with van der Waals surface area (Å²) in [5.74, 6) is -0.743. The lowest BCUT2D eigenvalue weighted by atomic mass is 9.94. The minimum atomic E-state index is -1.17. The van der Waals surface area contributed by atoms with E-state index in [0.29, 0.717) is 24.1 Å². The molecule has 8 nitrogen and oxygen atoms in total. The summed E-state index contributed by atoms with van der Waals surface area (Å²) in [5, 5.41) is 15.4. The molecular weight excluding hydrogens is 412 g/mol. The van der Waals surface area contributed by atoms with Crippen molar-refractivity contribution in [3.8, 4) is 16.9 Å². The lowest BCUT2D eigenvalue weighted by Crippen LogP contribution is -2.42. The highest BCUT2D eigenvalue weighted by Crippen LogP contribution is 2.29. The number of ether oxygens (including phenoxy) is 1. The van der Waals surface area contributed by atoms with Gasteiger partial charge in [-0.3, -0.25) is 14.4 Å². The number of hydrogen-bond acceptors (Lipinski definition) is 7. The van der Waals surface area contributed by atoms with E-state index in [2.05, 4.69) is 10.6 Å². The highest BCUT2D eigenvalue weighted by atomic mass is 16.5. The third-order valence-corrected chi connectivity index (χ3v) is 4.98. The van der Waals surface area contributed by atoms with E-state index in [1.54, 1.807) is 18.2 Å². The first kappa shape index (κ1) is 22.7. The van der Waals surface area contributed by atoms with Crippen molar-refractivity contribution in [1.29, 1.82) is 0 Å². The highest BCUT2D eigenvalue weighted by Gasteiger charge is 2.27. The second kappa shape index (κ2) is 10.4. The maximum atomic E-state index is 12.1. The minimum absolute atomic E-state index is 0.00882. The Morgan fingerprint density at radius 3 is 2.47 bits per heavy atom. The van der Waals surface area contributed by atoms with Crippen molar-refractivity contribution in [2.45, 2.75) is 25.8 Å². The Hall–Kier alpha value is -3.94. The Kier molecular flexibility index (Phi) is 7.38. The fourth-order valence-electron chi connectivity index (χ4n) is 3.40. The van der Waals surface area contributed by atoms with Gasteiger partial charge in [-0.15, -0.1) is 0 Å². The third kappa shape index (κ3) is 5.03. The van der Waals surface area contributed by atoms with Crippen LogP contribution in [0.3, 0.4) is 0 Å². The van der Waals surface area contributed by atoms with Crippen LogP contribution in [-0.2, 0) is 16.0 Å². The minimum Gasteiger partial charge on any atom is -0.486 e. The Labute approximate surface area is 184 Å². The molecule has 0 radical (unpaired) electrons. The van der Waals surface area contributed by atoms with Gasteiger partial charge in [0.15, 0.2) is 6.29 Å². The van der Waals surface area contributed by atoms with Crippen LogP contribution in [0.15, 0.2) is 58.1 Å². The first-order chi connectivity index (χ1) is 15.5. The van der Waals surface area contributed by atoms with Gasteiger partial charge in [0, 0.05) is 13.0 Å². The van der Waals surface area contributed by atoms with Gasteiger partial charge in [0.1, 0.15) is 29.8 Å². The van der Waals surface area contributed by atoms with E-state index in [-0.39, 0.29) is 24.4 Å². The Balaban J connectivity index is 1.94. The number of carboxylic acid groups (broad SMARTS) is 1. The highest BCUT2D eigenvalue weighted by molar-refractivity contribution is 5.83. The summed E-state index contributed by atoms with van der Waals surface area (Å²) in [6, 6.07) is 13.5. The van der Waals surface area contributed by atoms with Crippen LogP contribution >= 0.6 is 0 Å². The summed E-state index contributed by atoms with van der Waals surface area (Å²) in [4.78, 5) is 46.6. The molecule has 1 atom stereocenters. The van der Waals surface area contributed by atoms with E-state index in [1.165, 1.54) is 0 Å². The standard InChI is InChI=1S/C24H24N2O6/c1-2-10-25-20-21(23(29)22(20)28)26-19(24(30)31)14-16-13-17(32-12-11-27)8-9-18(16)15-6-4-3-5-7-15/h3-9,11,13,19,25-26H,2,10,12,14H2,1H3,(H,30,31)/t19-/m0/s1. The maximum absolute atomic E-state index is 12.1. The van der Waals surface area contributed by atoms with Gasteiger partial charge in [0.05, 0.1) is 0 Å². The maximum Gasteiger partial charge on any atom is 0.326 e. The van der Waals surface area contributed by atoms with Crippen molar-refractivity contribution in [2.24, 2.45) is 0 Å². The van der Waals surface area contributed by atoms with Gasteiger partial charge in [-0.2, -0.15) is 0 Å². The number of anilines is 2. The molecule has 0 aliphatic rings. The van der Waals surface area contributed by atoms with Crippen LogP contribution in [0.4, 0.5) is 11.4 Å². The van der Waals surface area contributed by atoms with Gasteiger partial charge in [-0.1, -0.05) is 43.3 Å². The third-order valence-electron chi connectivity index (χ3n) is 4.98. The molecule has 0 spiro atoms. The summed E-state index contributed by atoms with van der Waals surface area (Å²) in [5.41, 5.74) is 1.06. The summed E-state index contributed by atoms with van der Waals surface area (Å²) in [6.07, 6.45) is 1.39. The monoisotopic (exact) mass is 436 g/mol. The lowest BCUT2D eigenvalue weighted by Gasteiger charge is -2.21. The summed E-state index contributed by atoms with van der Waals surface area (Å²) in [7, 11) is 0. The largest absolute Gasteiger partial charge is 0.486 e. The second-order valence-electron chi connectivity index (χ2n) is 7.24. The number of carboxylic acids is 1. The molecule has 0 saturated carbocycles. The molecule has 3 N–H and O–H groups in total. The summed E-state index contributed by atoms with van der Waals surface area (Å²) >= 11 is 0. The summed E-state index contributed by atoms with van der Waals surface area (Å²) < 4.78 is 5.38. The number of rotatable bonds is 12. The average Bonchev–Trinajstić information content (AvgIpc) is 2.81. The quantitative estimate of drug-likeness (QED) is 0.292. The molecular formula is C24H24N2O6. The first-order valence-electron chi connectivity index (χ1n) is 10.3. The van der Waals surface area contributed by atoms with Crippen molar-refractivity contribution in [1.82, 2.24) is 0 Å². The van der Waals surface area contributed by atoms with Crippen molar-refractivity contribution >= 4 is 23.6 Å². The second-order valence-corrected chi connectivity index (χ2v) is 7.24. The van der Waals surface area contributed by atoms with E-state index in [1.807, 2.05) is 37.3 Å². The Morgan fingerprint density at radius 1 is 1.09 bits per heavy atom. The normalized spacial score (nSPS) is 11.7. The van der Waals surface area contributed by atoms with Gasteiger partial charge in [-0.05, 0) is 35.2 Å². The van der Waals surface area contributed by atoms with Gasteiger partial charge in [-0.25, -0.2) is 4.79 Å². The molecule has 0 amide bonds. The van der Waals surface area contributed by atoms with Gasteiger partial charge in [0.2, 0.25) is 0 Å². The Morgan fingerprint density at radius 2 is 1.81 bits per heavy atom. The van der Waals surface area contributed by atoms with Crippen molar-refractivity contribution in [2.75, 3.05) is 23.8 Å². The van der Waals surface area contributed by atoms with Crippen LogP contribution in [0.25, 0.3) is 11.1 Å². The van der Waals surface area contributed by atoms with E-state index < -0.39 is 22.9 Å². The number of aldehydes is 1. The number of benzene rings is 2. The predicted molar refractivity (Wildman–Crippen MR) is 122 cm³/mol. The van der Waals surface area contributed by atoms with Gasteiger partial charge >= 0.3 is 5.97 Å². The molecule has 3 aromatic carbocycles. The molecule has 3 rings (SSSR count). The molecule has 0 aliphatic carbocycles. The van der Waals surface area contributed by atoms with Crippen LogP contribution in [0.2, 0.25) is 0 Å². The van der Waals surface area contributed by atoms with E-state index in [0.717, 1.165) is 17.5 Å². The fraction of sp³-hybridized carbons (Fsp3) is 0.250. The zero-order valence-electron chi connectivity index (χ0n) is 17.6. The van der Waals surface area contributed by atoms with Crippen molar-refractivity contribution < 1.29 is 19.4 Å². The molecule has 0 aliphatic heterocycles. The number of nitrogens with one attached hydrogen (secondary N) is 2. The molecule has 0 bridgehead atoms. The van der Waals surface area contributed by atoms with Gasteiger partial charge in [0.25, 0.3) is 10.9 Å². The average molecular weight is 436 g/mol. The number of carbonyl (C=O) groups excluding carboxylic acids is 1. The topological polar surface area (TPSA) is 122 Å². The van der Waals surface area contributed by atoms with E-state index in [9.17, 15) is 24.3 Å². The molecule has 8 heteroatoms. The smallest absolute Gasteiger partial charge is 0.326 e. The van der Waals surface area contributed by atoms with Crippen LogP contribution in [0.1, 0.15) is 18.9 Å². The molecule has 0 saturated heterocycles. The molecule has 0 unspecified atom stereocenters. The molecule has 32 heavy (non-hydrogen) atoms. The number of carbonyl (C=O) groups is 2. The molecule has 0 fully saturated rings. The number of hydrogen-bond donors (Lipinski definition) is 3. The van der Waals surface area contributed by atoms with Crippen LogP contribution in [0.5, 0.6) is 5.75 Å². The van der Waals surface area contributed by atoms with Gasteiger partial charge < -0.3 is 20.5 Å². The number of aliphatic carboxylic acids is 1. The fourth-order valence-corrected chi connectivity index (χ4v) is 3.40. The van der Waals surface area contributed by atoms with Crippen molar-refractivity contribution in [3.05, 3.63) is 74.5 Å². The molecule has 166 valence electrons. The zero-order valence-corrected chi connectivity index (χ0v) is 17.6. The SMILES string of the molecule is CCCNc1c(N[C@@H](Cc2cc(OCC=O)ccc2-c2ccccc2)C(=O)O)c(=O)c1=O. The lowest BCUT2D eigenvalue weighted by molar-refractivity contribution is -0.137. The van der Waals surface area contributed by atoms with Crippen LogP contribution in [0, 0.1) is 0 Å². The first-order valence-corrected chi connectivity index (χ1v) is 10.3. The van der Waals surface area contributed by atoms with E-state index >= 15 is 0 Å². The molecule has 3 aromatic rings. The van der Waals surface area contributed by atoms with Crippen molar-refractivity contribution in [3.63, 3.8) is 0 Å². The van der Waals surface area contributed by atoms with Crippen LogP contribution in [-0.4, -0.2) is 36.6 Å². The predicted octanol–water partition coefficient (Wildman–Crippen LogP) is 2.46. The zero-order chi connectivity index (χ0) is 23.1. The summed E-state index contributed by atoms with van der Waals surface area (Å²) in [6.45, 7) is 2.28. The molecule has 0 aromatic heterocycles. The van der Waals surface area contributed by atoms with Crippen LogP contribution < -0.4 is 26.2 Å². The van der Waals surface area contributed by atoms with E-state index in [4.69, 9.17) is 4.74 Å². The molecule has 0 heterocycles.